The van der Waals surface area contributed by atoms with Crippen molar-refractivity contribution in [1.82, 2.24) is 4.98 Å². The molecule has 0 N–H and O–H groups in total. The van der Waals surface area contributed by atoms with Gasteiger partial charge in [-0.2, -0.15) is 0 Å². The van der Waals surface area contributed by atoms with Crippen molar-refractivity contribution in [3.05, 3.63) is 18.5 Å². The van der Waals surface area contributed by atoms with Gasteiger partial charge in [-0.3, -0.25) is 4.98 Å². The highest BCUT2D eigenvalue weighted by Crippen LogP contribution is 2.36. The van der Waals surface area contributed by atoms with Gasteiger partial charge < -0.3 is 14.0 Å². The van der Waals surface area contributed by atoms with Crippen LogP contribution in [-0.2, 0) is 19.1 Å². The Labute approximate surface area is 132 Å². The summed E-state index contributed by atoms with van der Waals surface area (Å²) in [7, 11) is -3.56. The molecule has 1 saturated heterocycles. The van der Waals surface area contributed by atoms with Gasteiger partial charge in [-0.05, 0) is 33.8 Å². The molecule has 1 aliphatic heterocycles. The highest BCUT2D eigenvalue weighted by Gasteiger charge is 2.51. The molecule has 22 heavy (non-hydrogen) atoms. The summed E-state index contributed by atoms with van der Waals surface area (Å²) in [5.41, 5.74) is -0.106. The second kappa shape index (κ2) is 5.83. The molecular formula is C14H22BNO5S. The molecule has 2 heterocycles. The molecule has 0 amide bonds. The van der Waals surface area contributed by atoms with E-state index in [1.165, 1.54) is 12.5 Å². The van der Waals surface area contributed by atoms with Crippen molar-refractivity contribution in [2.75, 3.05) is 18.6 Å². The number of aromatic nitrogens is 1. The van der Waals surface area contributed by atoms with Gasteiger partial charge in [-0.25, -0.2) is 8.42 Å². The Hall–Kier alpha value is -1.12. The lowest BCUT2D eigenvalue weighted by molar-refractivity contribution is 0.00578. The van der Waals surface area contributed by atoms with Crippen LogP contribution in [0.25, 0.3) is 0 Å². The van der Waals surface area contributed by atoms with E-state index in [1.54, 1.807) is 12.3 Å². The maximum absolute atomic E-state index is 11.1. The van der Waals surface area contributed by atoms with Crippen molar-refractivity contribution in [1.29, 1.82) is 0 Å². The predicted octanol–water partition coefficient (Wildman–Crippen LogP) is 0.804. The standard InChI is InChI=1S/C14H22BNO5S/c1-13(2)14(3,4)21-15(20-13)11-8-12(10-16-9-11)19-6-7-22(5,17)18/h8-10H,6-7H2,1-5H3. The number of hydrogen-bond donors (Lipinski definition) is 0. The summed E-state index contributed by atoms with van der Waals surface area (Å²) in [6.45, 7) is 8.01. The number of hydrogen-bond acceptors (Lipinski definition) is 6. The molecule has 1 aromatic heterocycles. The van der Waals surface area contributed by atoms with E-state index in [1.807, 2.05) is 27.7 Å². The summed E-state index contributed by atoms with van der Waals surface area (Å²) >= 11 is 0. The van der Waals surface area contributed by atoms with Gasteiger partial charge in [0.15, 0.2) is 9.84 Å². The Bertz CT molecular complexity index is 628. The van der Waals surface area contributed by atoms with Crippen molar-refractivity contribution in [3.8, 4) is 5.75 Å². The Morgan fingerprint density at radius 2 is 1.77 bits per heavy atom. The minimum atomic E-state index is -3.05. The topological polar surface area (TPSA) is 74.7 Å². The summed E-state index contributed by atoms with van der Waals surface area (Å²) < 4.78 is 39.5. The SMILES string of the molecule is CC1(C)OB(c2cncc(OCCS(C)(=O)=O)c2)OC1(C)C. The first-order chi connectivity index (χ1) is 10.0. The van der Waals surface area contributed by atoms with Crippen LogP contribution in [0.15, 0.2) is 18.5 Å². The van der Waals surface area contributed by atoms with Crippen LogP contribution >= 0.6 is 0 Å². The lowest BCUT2D eigenvalue weighted by Gasteiger charge is -2.32. The zero-order valence-electron chi connectivity index (χ0n) is 13.6. The third-order valence-electron chi connectivity index (χ3n) is 3.98. The van der Waals surface area contributed by atoms with E-state index in [2.05, 4.69) is 4.98 Å². The molecule has 8 heteroatoms. The molecule has 1 aliphatic rings. The van der Waals surface area contributed by atoms with E-state index in [4.69, 9.17) is 14.0 Å². The molecule has 0 spiro atoms. The highest BCUT2D eigenvalue weighted by atomic mass is 32.2. The van der Waals surface area contributed by atoms with Gasteiger partial charge in [0, 0.05) is 17.9 Å². The van der Waals surface area contributed by atoms with Crippen LogP contribution in [0.1, 0.15) is 27.7 Å². The van der Waals surface area contributed by atoms with Crippen molar-refractivity contribution in [2.45, 2.75) is 38.9 Å². The monoisotopic (exact) mass is 327 g/mol. The molecule has 0 bridgehead atoms. The van der Waals surface area contributed by atoms with Crippen LogP contribution in [0, 0.1) is 0 Å². The Morgan fingerprint density at radius 3 is 2.32 bits per heavy atom. The molecule has 1 fully saturated rings. The van der Waals surface area contributed by atoms with Crippen LogP contribution in [0.2, 0.25) is 0 Å². The maximum atomic E-state index is 11.1. The van der Waals surface area contributed by atoms with Gasteiger partial charge in [-0.15, -0.1) is 0 Å². The van der Waals surface area contributed by atoms with E-state index in [9.17, 15) is 8.42 Å². The number of rotatable bonds is 5. The van der Waals surface area contributed by atoms with Crippen LogP contribution in [0.5, 0.6) is 5.75 Å². The van der Waals surface area contributed by atoms with Gasteiger partial charge in [0.05, 0.1) is 23.2 Å². The fourth-order valence-corrected chi connectivity index (χ4v) is 2.32. The second-order valence-corrected chi connectivity index (χ2v) is 8.78. The number of nitrogens with zero attached hydrogens (tertiary/aromatic N) is 1. The number of sulfone groups is 1. The molecule has 0 atom stereocenters. The van der Waals surface area contributed by atoms with Crippen molar-refractivity contribution >= 4 is 22.4 Å². The average Bonchev–Trinajstić information content (AvgIpc) is 2.57. The zero-order chi connectivity index (χ0) is 16.6. The number of ether oxygens (including phenoxy) is 1. The largest absolute Gasteiger partial charge is 0.496 e. The van der Waals surface area contributed by atoms with Gasteiger partial charge >= 0.3 is 7.12 Å². The van der Waals surface area contributed by atoms with Crippen LogP contribution in [-0.4, -0.2) is 50.3 Å². The van der Waals surface area contributed by atoms with Crippen LogP contribution in [0.3, 0.4) is 0 Å². The molecule has 122 valence electrons. The van der Waals surface area contributed by atoms with E-state index < -0.39 is 28.2 Å². The third-order valence-corrected chi connectivity index (χ3v) is 4.89. The average molecular weight is 327 g/mol. The second-order valence-electron chi connectivity index (χ2n) is 6.52. The van der Waals surface area contributed by atoms with Crippen molar-refractivity contribution < 1.29 is 22.5 Å². The summed E-state index contributed by atoms with van der Waals surface area (Å²) in [4.78, 5) is 4.11. The normalized spacial score (nSPS) is 20.1. The molecule has 0 aliphatic carbocycles. The van der Waals surface area contributed by atoms with Crippen LogP contribution in [0.4, 0.5) is 0 Å². The summed E-state index contributed by atoms with van der Waals surface area (Å²) in [6.07, 6.45) is 4.37. The summed E-state index contributed by atoms with van der Waals surface area (Å²) in [5, 5.41) is 0. The molecule has 0 aromatic carbocycles. The quantitative estimate of drug-likeness (QED) is 0.745. The minimum Gasteiger partial charge on any atom is -0.491 e. The first-order valence-electron chi connectivity index (χ1n) is 7.11. The van der Waals surface area contributed by atoms with Gasteiger partial charge in [0.2, 0.25) is 0 Å². The van der Waals surface area contributed by atoms with E-state index in [0.717, 1.165) is 5.46 Å². The van der Waals surface area contributed by atoms with Crippen molar-refractivity contribution in [3.63, 3.8) is 0 Å². The minimum absolute atomic E-state index is 0.0340. The molecule has 6 nitrogen and oxygen atoms in total. The summed E-state index contributed by atoms with van der Waals surface area (Å²) in [5.74, 6) is 0.462. The van der Waals surface area contributed by atoms with Gasteiger partial charge in [0.25, 0.3) is 0 Å². The van der Waals surface area contributed by atoms with Crippen molar-refractivity contribution in [2.24, 2.45) is 0 Å². The molecule has 0 radical (unpaired) electrons. The fraction of sp³-hybridized carbons (Fsp3) is 0.643. The van der Waals surface area contributed by atoms with E-state index in [0.29, 0.717) is 5.75 Å². The zero-order valence-corrected chi connectivity index (χ0v) is 14.4. The van der Waals surface area contributed by atoms with Crippen LogP contribution < -0.4 is 10.2 Å². The maximum Gasteiger partial charge on any atom is 0.496 e. The summed E-state index contributed by atoms with van der Waals surface area (Å²) in [6, 6.07) is 1.76. The van der Waals surface area contributed by atoms with E-state index >= 15 is 0 Å². The fourth-order valence-electron chi connectivity index (χ4n) is 1.93. The molecular weight excluding hydrogens is 305 g/mol. The molecule has 2 rings (SSSR count). The lowest BCUT2D eigenvalue weighted by atomic mass is 9.80. The van der Waals surface area contributed by atoms with Gasteiger partial charge in [-0.1, -0.05) is 0 Å². The molecule has 0 saturated carbocycles. The highest BCUT2D eigenvalue weighted by molar-refractivity contribution is 7.90. The Kier molecular flexibility index (Phi) is 4.57. The lowest BCUT2D eigenvalue weighted by Crippen LogP contribution is -2.41. The van der Waals surface area contributed by atoms with E-state index in [-0.39, 0.29) is 12.4 Å². The molecule has 0 unspecified atom stereocenters. The van der Waals surface area contributed by atoms with Gasteiger partial charge in [0.1, 0.15) is 12.4 Å². The Morgan fingerprint density at radius 1 is 1.18 bits per heavy atom. The Balaban J connectivity index is 2.07. The third kappa shape index (κ3) is 4.00. The molecule has 1 aromatic rings. The smallest absolute Gasteiger partial charge is 0.491 e. The first-order valence-corrected chi connectivity index (χ1v) is 9.17. The number of pyridine rings is 1. The first kappa shape index (κ1) is 17.2. The predicted molar refractivity (Wildman–Crippen MR) is 85.2 cm³/mol.